The van der Waals surface area contributed by atoms with E-state index in [9.17, 15) is 4.79 Å². The quantitative estimate of drug-likeness (QED) is 0.642. The van der Waals surface area contributed by atoms with Gasteiger partial charge in [-0.1, -0.05) is 30.3 Å². The Bertz CT molecular complexity index is 241. The van der Waals surface area contributed by atoms with E-state index in [2.05, 4.69) is 0 Å². The summed E-state index contributed by atoms with van der Waals surface area (Å²) < 4.78 is 0. The Morgan fingerprint density at radius 3 is 2.36 bits per heavy atom. The second-order valence-electron chi connectivity index (χ2n) is 2.52. The Morgan fingerprint density at radius 2 is 1.91 bits per heavy atom. The molecule has 0 spiro atoms. The summed E-state index contributed by atoms with van der Waals surface area (Å²) in [7, 11) is 0. The van der Waals surface area contributed by atoms with Gasteiger partial charge in [-0.3, -0.25) is 4.79 Å². The van der Waals surface area contributed by atoms with Crippen molar-refractivity contribution in [1.29, 1.82) is 0 Å². The average Bonchev–Trinajstić information content (AvgIpc) is 2.05. The van der Waals surface area contributed by atoms with Crippen molar-refractivity contribution in [3.8, 4) is 0 Å². The zero-order valence-corrected chi connectivity index (χ0v) is 6.45. The number of carbonyl (C=O) groups is 1. The van der Waals surface area contributed by atoms with Gasteiger partial charge in [0.2, 0.25) is 0 Å². The van der Waals surface area contributed by atoms with Crippen LogP contribution in [0.3, 0.4) is 0 Å². The van der Waals surface area contributed by atoms with Gasteiger partial charge in [-0.05, 0) is 6.92 Å². The van der Waals surface area contributed by atoms with Crippen LogP contribution in [0.15, 0.2) is 30.3 Å². The number of hydrogen-bond acceptors (Lipinski definition) is 2. The Balaban J connectivity index is 2.86. The molecule has 0 unspecified atom stereocenters. The van der Waals surface area contributed by atoms with Gasteiger partial charge in [-0.25, -0.2) is 0 Å². The Hall–Kier alpha value is -1.15. The number of rotatable bonds is 2. The Labute approximate surface area is 66.0 Å². The number of carbonyl (C=O) groups excluding carboxylic acids is 1. The topological polar surface area (TPSA) is 43.1 Å². The zero-order chi connectivity index (χ0) is 8.27. The largest absolute Gasteiger partial charge is 0.321 e. The molecule has 0 aliphatic rings. The second-order valence-corrected chi connectivity index (χ2v) is 2.52. The summed E-state index contributed by atoms with van der Waals surface area (Å²) in [6.07, 6.45) is 0. The maximum atomic E-state index is 11.2. The number of hydrogen-bond donors (Lipinski definition) is 1. The molecule has 0 fully saturated rings. The van der Waals surface area contributed by atoms with Crippen LogP contribution in [-0.2, 0) is 0 Å². The van der Waals surface area contributed by atoms with Crippen LogP contribution in [-0.4, -0.2) is 11.8 Å². The third kappa shape index (κ3) is 1.88. The van der Waals surface area contributed by atoms with E-state index in [1.807, 2.05) is 18.2 Å². The summed E-state index contributed by atoms with van der Waals surface area (Å²) in [5.74, 6) is -0.00870. The van der Waals surface area contributed by atoms with Crippen molar-refractivity contribution in [2.45, 2.75) is 13.0 Å². The standard InChI is InChI=1S/C9H11NO/c1-7(10)9(11)8-5-3-2-4-6-8/h2-7H,10H2,1H3/t7-/m1/s1. The number of ketones is 1. The van der Waals surface area contributed by atoms with Gasteiger partial charge < -0.3 is 5.73 Å². The van der Waals surface area contributed by atoms with E-state index in [4.69, 9.17) is 5.73 Å². The summed E-state index contributed by atoms with van der Waals surface area (Å²) in [6.45, 7) is 1.69. The number of benzene rings is 1. The van der Waals surface area contributed by atoms with Crippen LogP contribution in [0.5, 0.6) is 0 Å². The molecule has 0 bridgehead atoms. The van der Waals surface area contributed by atoms with E-state index >= 15 is 0 Å². The van der Waals surface area contributed by atoms with E-state index in [-0.39, 0.29) is 5.78 Å². The fourth-order valence-electron chi connectivity index (χ4n) is 0.865. The first-order chi connectivity index (χ1) is 5.22. The van der Waals surface area contributed by atoms with E-state index in [1.165, 1.54) is 0 Å². The molecule has 0 saturated carbocycles. The molecule has 11 heavy (non-hydrogen) atoms. The lowest BCUT2D eigenvalue weighted by atomic mass is 10.1. The molecule has 58 valence electrons. The van der Waals surface area contributed by atoms with Gasteiger partial charge in [-0.15, -0.1) is 0 Å². The molecule has 2 nitrogen and oxygen atoms in total. The maximum absolute atomic E-state index is 11.2. The SMILES string of the molecule is C[C@@H](N)C(=O)c1ccccc1. The molecule has 2 heteroatoms. The first kappa shape index (κ1) is 7.95. The number of Topliss-reactive ketones (excluding diaryl/α,β-unsaturated/α-hetero) is 1. The summed E-state index contributed by atoms with van der Waals surface area (Å²) in [6, 6.07) is 8.66. The molecule has 1 atom stereocenters. The molecule has 0 aromatic heterocycles. The van der Waals surface area contributed by atoms with Crippen molar-refractivity contribution in [2.75, 3.05) is 0 Å². The van der Waals surface area contributed by atoms with Crippen LogP contribution in [0.2, 0.25) is 0 Å². The third-order valence-corrected chi connectivity index (χ3v) is 1.47. The van der Waals surface area contributed by atoms with Crippen LogP contribution in [0, 0.1) is 0 Å². The average molecular weight is 149 g/mol. The summed E-state index contributed by atoms with van der Waals surface area (Å²) in [4.78, 5) is 11.2. The van der Waals surface area contributed by atoms with Gasteiger partial charge in [0.25, 0.3) is 0 Å². The molecule has 0 heterocycles. The van der Waals surface area contributed by atoms with Crippen LogP contribution >= 0.6 is 0 Å². The van der Waals surface area contributed by atoms with Gasteiger partial charge in [0.15, 0.2) is 5.78 Å². The number of nitrogens with two attached hydrogens (primary N) is 1. The summed E-state index contributed by atoms with van der Waals surface area (Å²) >= 11 is 0. The summed E-state index contributed by atoms with van der Waals surface area (Å²) in [5.41, 5.74) is 6.10. The predicted octanol–water partition coefficient (Wildman–Crippen LogP) is 1.22. The predicted molar refractivity (Wildman–Crippen MR) is 44.4 cm³/mol. The maximum Gasteiger partial charge on any atom is 0.179 e. The van der Waals surface area contributed by atoms with Crippen molar-refractivity contribution < 1.29 is 4.79 Å². The van der Waals surface area contributed by atoms with Crippen LogP contribution in [0.4, 0.5) is 0 Å². The fourth-order valence-corrected chi connectivity index (χ4v) is 0.865. The molecule has 0 aliphatic heterocycles. The summed E-state index contributed by atoms with van der Waals surface area (Å²) in [5, 5.41) is 0. The van der Waals surface area contributed by atoms with Crippen molar-refractivity contribution in [3.05, 3.63) is 35.9 Å². The highest BCUT2D eigenvalue weighted by atomic mass is 16.1. The van der Waals surface area contributed by atoms with Gasteiger partial charge >= 0.3 is 0 Å². The molecule has 1 aromatic carbocycles. The van der Waals surface area contributed by atoms with E-state index in [0.29, 0.717) is 5.56 Å². The van der Waals surface area contributed by atoms with Crippen molar-refractivity contribution in [2.24, 2.45) is 5.73 Å². The van der Waals surface area contributed by atoms with Crippen LogP contribution in [0.1, 0.15) is 17.3 Å². The Morgan fingerprint density at radius 1 is 1.36 bits per heavy atom. The highest BCUT2D eigenvalue weighted by Crippen LogP contribution is 2.01. The highest BCUT2D eigenvalue weighted by Gasteiger charge is 2.08. The first-order valence-electron chi connectivity index (χ1n) is 3.56. The van der Waals surface area contributed by atoms with E-state index in [1.54, 1.807) is 19.1 Å². The van der Waals surface area contributed by atoms with Gasteiger partial charge in [0.05, 0.1) is 6.04 Å². The van der Waals surface area contributed by atoms with Crippen LogP contribution in [0.25, 0.3) is 0 Å². The molecule has 0 amide bonds. The van der Waals surface area contributed by atoms with E-state index < -0.39 is 6.04 Å². The smallest absolute Gasteiger partial charge is 0.179 e. The minimum absolute atomic E-state index is 0.00870. The lowest BCUT2D eigenvalue weighted by Crippen LogP contribution is -2.26. The molecule has 0 saturated heterocycles. The molecule has 1 rings (SSSR count). The van der Waals surface area contributed by atoms with Gasteiger partial charge in [0, 0.05) is 5.56 Å². The molecule has 0 aliphatic carbocycles. The molecule has 1 aromatic rings. The fraction of sp³-hybridized carbons (Fsp3) is 0.222. The minimum Gasteiger partial charge on any atom is -0.321 e. The normalized spacial score (nSPS) is 12.5. The first-order valence-corrected chi connectivity index (χ1v) is 3.56. The third-order valence-electron chi connectivity index (χ3n) is 1.47. The van der Waals surface area contributed by atoms with Crippen molar-refractivity contribution in [1.82, 2.24) is 0 Å². The van der Waals surface area contributed by atoms with Gasteiger partial charge in [-0.2, -0.15) is 0 Å². The van der Waals surface area contributed by atoms with Crippen molar-refractivity contribution in [3.63, 3.8) is 0 Å². The molecular weight excluding hydrogens is 138 g/mol. The Kier molecular flexibility index (Phi) is 2.39. The minimum atomic E-state index is -0.405. The molecule has 2 N–H and O–H groups in total. The van der Waals surface area contributed by atoms with E-state index in [0.717, 1.165) is 0 Å². The lowest BCUT2D eigenvalue weighted by Gasteiger charge is -2.02. The molecular formula is C9H11NO. The lowest BCUT2D eigenvalue weighted by molar-refractivity contribution is 0.0968. The zero-order valence-electron chi connectivity index (χ0n) is 6.45. The molecule has 0 radical (unpaired) electrons. The van der Waals surface area contributed by atoms with Gasteiger partial charge in [0.1, 0.15) is 0 Å². The monoisotopic (exact) mass is 149 g/mol. The highest BCUT2D eigenvalue weighted by molar-refractivity contribution is 5.99. The van der Waals surface area contributed by atoms with Crippen molar-refractivity contribution >= 4 is 5.78 Å². The van der Waals surface area contributed by atoms with Crippen LogP contribution < -0.4 is 5.73 Å². The second kappa shape index (κ2) is 3.30.